The number of carboxylic acid groups (broad SMARTS) is 1. The van der Waals surface area contributed by atoms with Crippen molar-refractivity contribution >= 4 is 22.8 Å². The summed E-state index contributed by atoms with van der Waals surface area (Å²) in [6, 6.07) is 5.01. The van der Waals surface area contributed by atoms with Crippen molar-refractivity contribution < 1.29 is 23.8 Å². The molecule has 7 nitrogen and oxygen atoms in total. The van der Waals surface area contributed by atoms with E-state index in [2.05, 4.69) is 5.32 Å². The van der Waals surface area contributed by atoms with Crippen LogP contribution in [0.4, 0.5) is 0 Å². The Kier molecular flexibility index (Phi) is 5.80. The fraction of sp³-hybridized carbons (Fsp3) is 0.389. The molecule has 2 aromatic rings. The smallest absolute Gasteiger partial charge is 0.336 e. The van der Waals surface area contributed by atoms with Crippen LogP contribution in [-0.2, 0) is 16.0 Å². The lowest BCUT2D eigenvalue weighted by Crippen LogP contribution is -2.39. The summed E-state index contributed by atoms with van der Waals surface area (Å²) in [5.74, 6) is -1.27. The van der Waals surface area contributed by atoms with E-state index >= 15 is 0 Å². The van der Waals surface area contributed by atoms with Crippen molar-refractivity contribution in [2.24, 2.45) is 0 Å². The second kappa shape index (κ2) is 7.83. The van der Waals surface area contributed by atoms with Gasteiger partial charge in [-0.1, -0.05) is 13.3 Å². The number of carbonyl (C=O) groups is 2. The van der Waals surface area contributed by atoms with E-state index in [-0.39, 0.29) is 0 Å². The summed E-state index contributed by atoms with van der Waals surface area (Å²) in [4.78, 5) is 34.1. The number of aliphatic carboxylic acids is 1. The van der Waals surface area contributed by atoms with Crippen molar-refractivity contribution in [2.75, 3.05) is 6.54 Å². The van der Waals surface area contributed by atoms with Crippen molar-refractivity contribution in [3.05, 3.63) is 39.7 Å². The van der Waals surface area contributed by atoms with Crippen LogP contribution >= 0.6 is 0 Å². The number of carbonyl (C=O) groups excluding carboxylic acids is 1. The molecule has 0 aliphatic heterocycles. The topological polar surface area (TPSA) is 106 Å². The van der Waals surface area contributed by atoms with Gasteiger partial charge in [0, 0.05) is 17.0 Å². The number of ether oxygens (including phenoxy) is 1. The summed E-state index contributed by atoms with van der Waals surface area (Å²) >= 11 is 0. The summed E-state index contributed by atoms with van der Waals surface area (Å²) in [7, 11) is 0. The lowest BCUT2D eigenvalue weighted by atomic mass is 10.0. The van der Waals surface area contributed by atoms with Gasteiger partial charge in [0.2, 0.25) is 0 Å². The van der Waals surface area contributed by atoms with Crippen LogP contribution in [0, 0.1) is 6.92 Å². The molecule has 0 fully saturated rings. The Hall–Kier alpha value is -2.83. The van der Waals surface area contributed by atoms with Crippen LogP contribution in [0.1, 0.15) is 31.4 Å². The fourth-order valence-corrected chi connectivity index (χ4v) is 2.56. The Balaban J connectivity index is 2.31. The van der Waals surface area contributed by atoms with Crippen LogP contribution < -0.4 is 15.7 Å². The number of rotatable bonds is 7. The van der Waals surface area contributed by atoms with Crippen LogP contribution in [0.3, 0.4) is 0 Å². The molecule has 1 atom stereocenters. The summed E-state index contributed by atoms with van der Waals surface area (Å²) in [6.07, 6.45) is 0.771. The van der Waals surface area contributed by atoms with Crippen molar-refractivity contribution in [3.63, 3.8) is 0 Å². The SMILES string of the molecule is CCCc1cc(=O)oc2c(C)c(OC(C)C(=O)NCC(=O)O)ccc12. The second-order valence-corrected chi connectivity index (χ2v) is 5.78. The Morgan fingerprint density at radius 2 is 2.08 bits per heavy atom. The second-order valence-electron chi connectivity index (χ2n) is 5.78. The molecule has 0 aliphatic rings. The fourth-order valence-electron chi connectivity index (χ4n) is 2.56. The highest BCUT2D eigenvalue weighted by Crippen LogP contribution is 2.29. The molecule has 134 valence electrons. The highest BCUT2D eigenvalue weighted by atomic mass is 16.5. The normalized spacial score (nSPS) is 12.0. The maximum absolute atomic E-state index is 11.8. The number of hydrogen-bond acceptors (Lipinski definition) is 5. The average Bonchev–Trinajstić information content (AvgIpc) is 2.55. The highest BCUT2D eigenvalue weighted by molar-refractivity contribution is 5.86. The molecular formula is C18H21NO6. The quantitative estimate of drug-likeness (QED) is 0.742. The third kappa shape index (κ3) is 4.37. The third-order valence-electron chi connectivity index (χ3n) is 3.80. The van der Waals surface area contributed by atoms with Crippen molar-refractivity contribution in [3.8, 4) is 5.75 Å². The first-order valence-electron chi connectivity index (χ1n) is 8.06. The van der Waals surface area contributed by atoms with Crippen LogP contribution in [0.2, 0.25) is 0 Å². The maximum atomic E-state index is 11.8. The summed E-state index contributed by atoms with van der Waals surface area (Å²) in [5, 5.41) is 11.7. The van der Waals surface area contributed by atoms with E-state index in [1.165, 1.54) is 13.0 Å². The largest absolute Gasteiger partial charge is 0.480 e. The molecule has 1 aromatic heterocycles. The van der Waals surface area contributed by atoms with E-state index in [1.807, 2.05) is 6.92 Å². The molecule has 1 amide bonds. The first-order chi connectivity index (χ1) is 11.8. The molecule has 0 saturated heterocycles. The Bertz CT molecular complexity index is 855. The molecule has 25 heavy (non-hydrogen) atoms. The molecule has 7 heteroatoms. The lowest BCUT2D eigenvalue weighted by molar-refractivity contribution is -0.139. The van der Waals surface area contributed by atoms with Gasteiger partial charge < -0.3 is 19.6 Å². The molecule has 0 aliphatic carbocycles. The molecule has 0 radical (unpaired) electrons. The number of hydrogen-bond donors (Lipinski definition) is 2. The van der Waals surface area contributed by atoms with Gasteiger partial charge in [-0.05, 0) is 38.0 Å². The first-order valence-corrected chi connectivity index (χ1v) is 8.06. The van der Waals surface area contributed by atoms with Gasteiger partial charge in [-0.25, -0.2) is 4.79 Å². The molecule has 0 spiro atoms. The van der Waals surface area contributed by atoms with Crippen LogP contribution in [0.5, 0.6) is 5.75 Å². The molecule has 2 rings (SSSR count). The Morgan fingerprint density at radius 3 is 2.72 bits per heavy atom. The zero-order chi connectivity index (χ0) is 18.6. The standard InChI is InChI=1S/C18H21NO6/c1-4-5-12-8-16(22)25-17-10(2)14(7-6-13(12)17)24-11(3)18(23)19-9-15(20)21/h6-8,11H,4-5,9H2,1-3H3,(H,19,23)(H,20,21). The zero-order valence-electron chi connectivity index (χ0n) is 14.4. The van der Waals surface area contributed by atoms with E-state index in [9.17, 15) is 14.4 Å². The maximum Gasteiger partial charge on any atom is 0.336 e. The highest BCUT2D eigenvalue weighted by Gasteiger charge is 2.18. The van der Waals surface area contributed by atoms with E-state index in [0.29, 0.717) is 16.9 Å². The minimum Gasteiger partial charge on any atom is -0.480 e. The number of fused-ring (bicyclic) bond motifs is 1. The number of amides is 1. The van der Waals surface area contributed by atoms with Gasteiger partial charge in [0.1, 0.15) is 17.9 Å². The van der Waals surface area contributed by atoms with Gasteiger partial charge >= 0.3 is 11.6 Å². The number of nitrogens with one attached hydrogen (secondary N) is 1. The third-order valence-corrected chi connectivity index (χ3v) is 3.80. The Labute approximate surface area is 144 Å². The van der Waals surface area contributed by atoms with E-state index < -0.39 is 30.2 Å². The molecule has 1 aromatic carbocycles. The molecule has 0 bridgehead atoms. The van der Waals surface area contributed by atoms with Gasteiger partial charge in [-0.3, -0.25) is 9.59 Å². The number of benzene rings is 1. The van der Waals surface area contributed by atoms with Crippen LogP contribution in [-0.4, -0.2) is 29.6 Å². The molecular weight excluding hydrogens is 326 g/mol. The van der Waals surface area contributed by atoms with Gasteiger partial charge in [0.15, 0.2) is 6.10 Å². The molecule has 0 saturated carbocycles. The zero-order valence-corrected chi connectivity index (χ0v) is 14.4. The summed E-state index contributed by atoms with van der Waals surface area (Å²) < 4.78 is 10.9. The van der Waals surface area contributed by atoms with Crippen LogP contribution in [0.15, 0.2) is 27.4 Å². The number of aryl methyl sites for hydroxylation is 2. The van der Waals surface area contributed by atoms with E-state index in [4.69, 9.17) is 14.3 Å². The van der Waals surface area contributed by atoms with Gasteiger partial charge in [-0.15, -0.1) is 0 Å². The molecule has 2 N–H and O–H groups in total. The Morgan fingerprint density at radius 1 is 1.36 bits per heavy atom. The molecule has 1 unspecified atom stereocenters. The van der Waals surface area contributed by atoms with Gasteiger partial charge in [-0.2, -0.15) is 0 Å². The summed E-state index contributed by atoms with van der Waals surface area (Å²) in [5.41, 5.74) is 1.54. The number of carboxylic acids is 1. The van der Waals surface area contributed by atoms with E-state index in [0.717, 1.165) is 23.8 Å². The molecule has 1 heterocycles. The first kappa shape index (κ1) is 18.5. The predicted octanol–water partition coefficient (Wildman–Crippen LogP) is 2.02. The predicted molar refractivity (Wildman–Crippen MR) is 92.0 cm³/mol. The van der Waals surface area contributed by atoms with Gasteiger partial charge in [0.25, 0.3) is 5.91 Å². The van der Waals surface area contributed by atoms with Crippen molar-refractivity contribution in [1.82, 2.24) is 5.32 Å². The minimum absolute atomic E-state index is 0.405. The minimum atomic E-state index is -1.13. The van der Waals surface area contributed by atoms with E-state index in [1.54, 1.807) is 19.1 Å². The van der Waals surface area contributed by atoms with Gasteiger partial charge in [0.05, 0.1) is 0 Å². The average molecular weight is 347 g/mol. The monoisotopic (exact) mass is 347 g/mol. The lowest BCUT2D eigenvalue weighted by Gasteiger charge is -2.17. The van der Waals surface area contributed by atoms with Crippen molar-refractivity contribution in [2.45, 2.75) is 39.7 Å². The van der Waals surface area contributed by atoms with Crippen molar-refractivity contribution in [1.29, 1.82) is 0 Å². The van der Waals surface area contributed by atoms with Crippen LogP contribution in [0.25, 0.3) is 11.0 Å². The summed E-state index contributed by atoms with van der Waals surface area (Å²) in [6.45, 7) is 4.82.